The second-order valence-corrected chi connectivity index (χ2v) is 5.67. The molecule has 0 radical (unpaired) electrons. The number of amides is 2. The van der Waals surface area contributed by atoms with Crippen molar-refractivity contribution in [1.82, 2.24) is 10.6 Å². The van der Waals surface area contributed by atoms with Crippen molar-refractivity contribution in [3.05, 3.63) is 42.5 Å². The fourth-order valence-electron chi connectivity index (χ4n) is 2.64. The maximum Gasteiger partial charge on any atom is 0.251 e. The average Bonchev–Trinajstić information content (AvgIpc) is 3.03. The molecule has 124 valence electrons. The van der Waals surface area contributed by atoms with Crippen LogP contribution >= 0.6 is 0 Å². The molecule has 3 N–H and O–H groups in total. The fraction of sp³-hybridized carbons (Fsp3) is 0.412. The van der Waals surface area contributed by atoms with Gasteiger partial charge in [-0.2, -0.15) is 0 Å². The molecule has 6 nitrogen and oxygen atoms in total. The zero-order valence-electron chi connectivity index (χ0n) is 13.4. The molecule has 0 aromatic heterocycles. The molecule has 2 amide bonds. The van der Waals surface area contributed by atoms with Crippen LogP contribution in [-0.2, 0) is 9.53 Å². The summed E-state index contributed by atoms with van der Waals surface area (Å²) in [5.41, 5.74) is 0.672. The number of hydrogen-bond acceptors (Lipinski definition) is 4. The maximum atomic E-state index is 12.6. The zero-order valence-corrected chi connectivity index (χ0v) is 13.4. The van der Waals surface area contributed by atoms with Crippen LogP contribution in [0.2, 0.25) is 0 Å². The Balaban J connectivity index is 2.01. The number of benzene rings is 1. The van der Waals surface area contributed by atoms with Crippen molar-refractivity contribution in [2.45, 2.75) is 6.42 Å². The second kappa shape index (κ2) is 7.89. The summed E-state index contributed by atoms with van der Waals surface area (Å²) in [6.07, 6.45) is 2.37. The highest BCUT2D eigenvalue weighted by Crippen LogP contribution is 2.27. The summed E-state index contributed by atoms with van der Waals surface area (Å²) >= 11 is 0. The van der Waals surface area contributed by atoms with Crippen molar-refractivity contribution in [3.63, 3.8) is 0 Å². The molecule has 1 aromatic rings. The number of anilines is 1. The summed E-state index contributed by atoms with van der Waals surface area (Å²) in [6.45, 7) is 5.77. The molecule has 1 fully saturated rings. The average molecular weight is 317 g/mol. The van der Waals surface area contributed by atoms with Gasteiger partial charge in [0, 0.05) is 31.5 Å². The molecule has 23 heavy (non-hydrogen) atoms. The first-order valence-corrected chi connectivity index (χ1v) is 7.61. The van der Waals surface area contributed by atoms with E-state index >= 15 is 0 Å². The summed E-state index contributed by atoms with van der Waals surface area (Å²) in [4.78, 5) is 24.4. The molecule has 1 atom stereocenters. The van der Waals surface area contributed by atoms with Gasteiger partial charge < -0.3 is 20.7 Å². The third kappa shape index (κ3) is 4.18. The van der Waals surface area contributed by atoms with Gasteiger partial charge >= 0.3 is 0 Å². The molecular formula is C17H23N3O3. The van der Waals surface area contributed by atoms with Gasteiger partial charge in [-0.05, 0) is 37.2 Å². The van der Waals surface area contributed by atoms with Crippen molar-refractivity contribution in [1.29, 1.82) is 0 Å². The van der Waals surface area contributed by atoms with Gasteiger partial charge in [0.2, 0.25) is 5.91 Å². The molecule has 0 aliphatic carbocycles. The van der Waals surface area contributed by atoms with Crippen molar-refractivity contribution >= 4 is 17.5 Å². The highest BCUT2D eigenvalue weighted by atomic mass is 16.5. The minimum absolute atomic E-state index is 0.0618. The number of carbonyl (C=O) groups excluding carboxylic acids is 2. The Kier molecular flexibility index (Phi) is 5.90. The predicted octanol–water partition coefficient (Wildman–Crippen LogP) is 1.17. The highest BCUT2D eigenvalue weighted by molar-refractivity contribution is 5.97. The van der Waals surface area contributed by atoms with E-state index in [4.69, 9.17) is 4.74 Å². The van der Waals surface area contributed by atoms with Gasteiger partial charge in [-0.25, -0.2) is 0 Å². The fourth-order valence-corrected chi connectivity index (χ4v) is 2.64. The molecule has 1 aliphatic heterocycles. The number of hydrogen-bond donors (Lipinski definition) is 3. The molecule has 0 spiro atoms. The van der Waals surface area contributed by atoms with Crippen molar-refractivity contribution < 1.29 is 14.3 Å². The number of rotatable bonds is 7. The largest absolute Gasteiger partial charge is 0.384 e. The summed E-state index contributed by atoms with van der Waals surface area (Å²) in [5, 5.41) is 8.83. The minimum atomic E-state index is -0.533. The third-order valence-corrected chi connectivity index (χ3v) is 3.96. The van der Waals surface area contributed by atoms with E-state index in [-0.39, 0.29) is 11.8 Å². The molecule has 1 aromatic carbocycles. The van der Waals surface area contributed by atoms with Crippen LogP contribution in [0.4, 0.5) is 5.69 Å². The standard InChI is InChI=1S/C17H23N3O3/c1-3-9-19-15(21)13-4-6-14(7-5-13)20-16(22)17(12-23-2)8-10-18-11-17/h3-7,18H,1,8-12H2,2H3,(H,19,21)(H,20,22). The predicted molar refractivity (Wildman–Crippen MR) is 89.4 cm³/mol. The van der Waals surface area contributed by atoms with Gasteiger partial charge in [-0.3, -0.25) is 9.59 Å². The summed E-state index contributed by atoms with van der Waals surface area (Å²) in [7, 11) is 1.60. The number of carbonyl (C=O) groups is 2. The Morgan fingerprint density at radius 1 is 1.39 bits per heavy atom. The summed E-state index contributed by atoms with van der Waals surface area (Å²) in [5.74, 6) is -0.230. The third-order valence-electron chi connectivity index (χ3n) is 3.96. The van der Waals surface area contributed by atoms with Crippen LogP contribution in [0.1, 0.15) is 16.8 Å². The van der Waals surface area contributed by atoms with Gasteiger partial charge in [-0.15, -0.1) is 6.58 Å². The first-order valence-electron chi connectivity index (χ1n) is 7.61. The van der Waals surface area contributed by atoms with E-state index in [9.17, 15) is 9.59 Å². The molecule has 1 unspecified atom stereocenters. The monoisotopic (exact) mass is 317 g/mol. The van der Waals surface area contributed by atoms with Gasteiger partial charge in [0.1, 0.15) is 0 Å². The van der Waals surface area contributed by atoms with Crippen LogP contribution in [0.3, 0.4) is 0 Å². The van der Waals surface area contributed by atoms with E-state index in [0.29, 0.717) is 30.9 Å². The Hall–Kier alpha value is -2.18. The van der Waals surface area contributed by atoms with Crippen LogP contribution < -0.4 is 16.0 Å². The molecule has 2 rings (SSSR count). The van der Waals surface area contributed by atoms with Gasteiger partial charge in [-0.1, -0.05) is 6.08 Å². The van der Waals surface area contributed by atoms with Gasteiger partial charge in [0.25, 0.3) is 5.91 Å². The lowest BCUT2D eigenvalue weighted by atomic mass is 9.87. The van der Waals surface area contributed by atoms with Gasteiger partial charge in [0.05, 0.1) is 12.0 Å². The van der Waals surface area contributed by atoms with Crippen LogP contribution in [-0.4, -0.2) is 45.2 Å². The topological polar surface area (TPSA) is 79.5 Å². The lowest BCUT2D eigenvalue weighted by Crippen LogP contribution is -2.41. The molecule has 6 heteroatoms. The zero-order chi connectivity index (χ0) is 16.7. The van der Waals surface area contributed by atoms with E-state index in [1.807, 2.05) is 0 Å². The Bertz CT molecular complexity index is 563. The van der Waals surface area contributed by atoms with Crippen molar-refractivity contribution in [2.24, 2.45) is 5.41 Å². The number of methoxy groups -OCH3 is 1. The van der Waals surface area contributed by atoms with Gasteiger partial charge in [0.15, 0.2) is 0 Å². The van der Waals surface area contributed by atoms with Crippen LogP contribution in [0.25, 0.3) is 0 Å². The second-order valence-electron chi connectivity index (χ2n) is 5.67. The highest BCUT2D eigenvalue weighted by Gasteiger charge is 2.41. The van der Waals surface area contributed by atoms with E-state index in [0.717, 1.165) is 13.0 Å². The number of ether oxygens (including phenoxy) is 1. The minimum Gasteiger partial charge on any atom is -0.384 e. The van der Waals surface area contributed by atoms with E-state index < -0.39 is 5.41 Å². The van der Waals surface area contributed by atoms with Crippen molar-refractivity contribution in [3.8, 4) is 0 Å². The SMILES string of the molecule is C=CCNC(=O)c1ccc(NC(=O)C2(COC)CCNC2)cc1. The van der Waals surface area contributed by atoms with Crippen LogP contribution in [0.15, 0.2) is 36.9 Å². The molecule has 1 aliphatic rings. The molecular weight excluding hydrogens is 294 g/mol. The van der Waals surface area contributed by atoms with E-state index in [1.165, 1.54) is 0 Å². The van der Waals surface area contributed by atoms with Crippen molar-refractivity contribution in [2.75, 3.05) is 38.7 Å². The van der Waals surface area contributed by atoms with Crippen LogP contribution in [0.5, 0.6) is 0 Å². The maximum absolute atomic E-state index is 12.6. The Morgan fingerprint density at radius 3 is 2.70 bits per heavy atom. The first kappa shape index (κ1) is 17.2. The van der Waals surface area contributed by atoms with Crippen LogP contribution in [0, 0.1) is 5.41 Å². The smallest absolute Gasteiger partial charge is 0.251 e. The Morgan fingerprint density at radius 2 is 2.13 bits per heavy atom. The first-order chi connectivity index (χ1) is 11.1. The lowest BCUT2D eigenvalue weighted by Gasteiger charge is -2.25. The quantitative estimate of drug-likeness (QED) is 0.660. The summed E-state index contributed by atoms with van der Waals surface area (Å²) < 4.78 is 5.21. The molecule has 1 saturated heterocycles. The van der Waals surface area contributed by atoms with E-state index in [2.05, 4.69) is 22.5 Å². The normalized spacial score (nSPS) is 20.0. The Labute approximate surface area is 136 Å². The number of nitrogens with one attached hydrogen (secondary N) is 3. The molecule has 0 bridgehead atoms. The van der Waals surface area contributed by atoms with E-state index in [1.54, 1.807) is 37.5 Å². The molecule has 0 saturated carbocycles. The lowest BCUT2D eigenvalue weighted by molar-refractivity contribution is -0.127. The summed E-state index contributed by atoms with van der Waals surface area (Å²) in [6, 6.07) is 6.82. The molecule has 1 heterocycles.